The predicted molar refractivity (Wildman–Crippen MR) is 61.3 cm³/mol. The van der Waals surface area contributed by atoms with Gasteiger partial charge in [0, 0.05) is 19.2 Å². The smallest absolute Gasteiger partial charge is 0.0952 e. The lowest BCUT2D eigenvalue weighted by atomic mass is 10.0. The molecule has 2 aromatic rings. The van der Waals surface area contributed by atoms with Crippen LogP contribution in [0.3, 0.4) is 0 Å². The number of nitrogens with zero attached hydrogens (tertiary/aromatic N) is 2. The molecule has 0 fully saturated rings. The second kappa shape index (κ2) is 3.87. The summed E-state index contributed by atoms with van der Waals surface area (Å²) in [7, 11) is 1.99. The fourth-order valence-electron chi connectivity index (χ4n) is 1.81. The molecule has 2 N–H and O–H groups in total. The Morgan fingerprint density at radius 3 is 2.73 bits per heavy atom. The van der Waals surface area contributed by atoms with Gasteiger partial charge in [0.15, 0.2) is 0 Å². The van der Waals surface area contributed by atoms with E-state index in [1.54, 1.807) is 0 Å². The molecular weight excluding hydrogens is 186 g/mol. The molecule has 1 aromatic carbocycles. The van der Waals surface area contributed by atoms with Gasteiger partial charge >= 0.3 is 0 Å². The molecule has 0 radical (unpaired) electrons. The van der Waals surface area contributed by atoms with Gasteiger partial charge in [0.05, 0.1) is 17.7 Å². The van der Waals surface area contributed by atoms with Crippen LogP contribution in [0.15, 0.2) is 30.6 Å². The summed E-state index contributed by atoms with van der Waals surface area (Å²) in [5.41, 5.74) is 10.2. The van der Waals surface area contributed by atoms with Crippen LogP contribution in [0.5, 0.6) is 0 Å². The molecule has 2 rings (SSSR count). The maximum absolute atomic E-state index is 5.68. The minimum Gasteiger partial charge on any atom is -0.333 e. The first-order chi connectivity index (χ1) is 7.24. The van der Waals surface area contributed by atoms with Crippen molar-refractivity contribution in [1.29, 1.82) is 0 Å². The molecule has 15 heavy (non-hydrogen) atoms. The first-order valence-electron chi connectivity index (χ1n) is 5.00. The minimum atomic E-state index is 0.477. The molecule has 0 aliphatic rings. The lowest BCUT2D eigenvalue weighted by molar-refractivity contribution is 0.919. The van der Waals surface area contributed by atoms with Crippen molar-refractivity contribution < 1.29 is 0 Å². The number of rotatable bonds is 2. The standard InChI is InChI=1S/C12H15N3/c1-9-5-3-4-6-10(9)12-11(7-13)14-8-15(12)2/h3-6,8H,7,13H2,1-2H3. The van der Waals surface area contributed by atoms with Gasteiger partial charge in [0.1, 0.15) is 0 Å². The van der Waals surface area contributed by atoms with Gasteiger partial charge in [-0.3, -0.25) is 0 Å². The van der Waals surface area contributed by atoms with E-state index in [4.69, 9.17) is 5.73 Å². The maximum Gasteiger partial charge on any atom is 0.0952 e. The van der Waals surface area contributed by atoms with Crippen molar-refractivity contribution >= 4 is 0 Å². The normalized spacial score (nSPS) is 10.6. The monoisotopic (exact) mass is 201 g/mol. The van der Waals surface area contributed by atoms with Gasteiger partial charge in [-0.15, -0.1) is 0 Å². The van der Waals surface area contributed by atoms with E-state index in [9.17, 15) is 0 Å². The number of aromatic nitrogens is 2. The lowest BCUT2D eigenvalue weighted by Gasteiger charge is -2.08. The summed E-state index contributed by atoms with van der Waals surface area (Å²) in [5.74, 6) is 0. The Bertz CT molecular complexity index is 471. The first kappa shape index (κ1) is 9.93. The van der Waals surface area contributed by atoms with Gasteiger partial charge < -0.3 is 10.3 Å². The van der Waals surface area contributed by atoms with E-state index in [1.807, 2.05) is 30.1 Å². The summed E-state index contributed by atoms with van der Waals surface area (Å²) in [6.45, 7) is 2.58. The van der Waals surface area contributed by atoms with Crippen LogP contribution in [-0.2, 0) is 13.6 Å². The fraction of sp³-hybridized carbons (Fsp3) is 0.250. The second-order valence-electron chi connectivity index (χ2n) is 3.67. The summed E-state index contributed by atoms with van der Waals surface area (Å²) in [5, 5.41) is 0. The molecular formula is C12H15N3. The summed E-state index contributed by atoms with van der Waals surface area (Å²) in [6, 6.07) is 8.28. The molecule has 0 aliphatic carbocycles. The van der Waals surface area contributed by atoms with Crippen LogP contribution in [0.2, 0.25) is 0 Å². The van der Waals surface area contributed by atoms with E-state index in [-0.39, 0.29) is 0 Å². The zero-order chi connectivity index (χ0) is 10.8. The third-order valence-electron chi connectivity index (χ3n) is 2.61. The van der Waals surface area contributed by atoms with Crippen molar-refractivity contribution in [2.75, 3.05) is 0 Å². The maximum atomic E-state index is 5.68. The first-order valence-corrected chi connectivity index (χ1v) is 5.00. The van der Waals surface area contributed by atoms with Crippen LogP contribution in [0, 0.1) is 6.92 Å². The van der Waals surface area contributed by atoms with E-state index in [1.165, 1.54) is 11.1 Å². The molecule has 78 valence electrons. The van der Waals surface area contributed by atoms with Crippen molar-refractivity contribution in [3.8, 4) is 11.3 Å². The fourth-order valence-corrected chi connectivity index (χ4v) is 1.81. The van der Waals surface area contributed by atoms with Gasteiger partial charge in [0.2, 0.25) is 0 Å². The number of benzene rings is 1. The van der Waals surface area contributed by atoms with Crippen molar-refractivity contribution in [2.45, 2.75) is 13.5 Å². The van der Waals surface area contributed by atoms with Crippen molar-refractivity contribution in [3.05, 3.63) is 41.9 Å². The summed E-state index contributed by atoms with van der Waals surface area (Å²) >= 11 is 0. The van der Waals surface area contributed by atoms with Crippen LogP contribution >= 0.6 is 0 Å². The Morgan fingerprint density at radius 1 is 1.33 bits per heavy atom. The molecule has 0 atom stereocenters. The summed E-state index contributed by atoms with van der Waals surface area (Å²) in [4.78, 5) is 4.29. The van der Waals surface area contributed by atoms with Crippen molar-refractivity contribution in [1.82, 2.24) is 9.55 Å². The average Bonchev–Trinajstić information content (AvgIpc) is 2.60. The number of imidazole rings is 1. The van der Waals surface area contributed by atoms with Gasteiger partial charge in [0.25, 0.3) is 0 Å². The molecule has 3 nitrogen and oxygen atoms in total. The Balaban J connectivity index is 2.63. The predicted octanol–water partition coefficient (Wildman–Crippen LogP) is 1.85. The Kier molecular flexibility index (Phi) is 2.56. The Labute approximate surface area is 89.6 Å². The molecule has 1 heterocycles. The Morgan fingerprint density at radius 2 is 2.07 bits per heavy atom. The van der Waals surface area contributed by atoms with Crippen LogP contribution in [0.1, 0.15) is 11.3 Å². The van der Waals surface area contributed by atoms with E-state index < -0.39 is 0 Å². The topological polar surface area (TPSA) is 43.8 Å². The minimum absolute atomic E-state index is 0.477. The van der Waals surface area contributed by atoms with Crippen molar-refractivity contribution in [2.24, 2.45) is 12.8 Å². The van der Waals surface area contributed by atoms with E-state index in [2.05, 4.69) is 24.0 Å². The third-order valence-corrected chi connectivity index (χ3v) is 2.61. The zero-order valence-corrected chi connectivity index (χ0v) is 9.07. The number of hydrogen-bond donors (Lipinski definition) is 1. The van der Waals surface area contributed by atoms with E-state index >= 15 is 0 Å². The second-order valence-corrected chi connectivity index (χ2v) is 3.67. The van der Waals surface area contributed by atoms with Gasteiger partial charge in [-0.05, 0) is 12.5 Å². The molecule has 0 bridgehead atoms. The summed E-state index contributed by atoms with van der Waals surface area (Å²) < 4.78 is 2.02. The van der Waals surface area contributed by atoms with Crippen molar-refractivity contribution in [3.63, 3.8) is 0 Å². The molecule has 0 amide bonds. The molecule has 0 saturated heterocycles. The number of nitrogens with two attached hydrogens (primary N) is 1. The largest absolute Gasteiger partial charge is 0.333 e. The zero-order valence-electron chi connectivity index (χ0n) is 9.07. The number of hydrogen-bond acceptors (Lipinski definition) is 2. The van der Waals surface area contributed by atoms with Crippen LogP contribution in [-0.4, -0.2) is 9.55 Å². The highest BCUT2D eigenvalue weighted by molar-refractivity contribution is 5.66. The molecule has 1 aromatic heterocycles. The molecule has 0 saturated carbocycles. The third kappa shape index (κ3) is 1.66. The van der Waals surface area contributed by atoms with Gasteiger partial charge in [-0.2, -0.15) is 0 Å². The molecule has 0 unspecified atom stereocenters. The number of aryl methyl sites for hydroxylation is 2. The van der Waals surface area contributed by atoms with Gasteiger partial charge in [-0.1, -0.05) is 24.3 Å². The summed E-state index contributed by atoms with van der Waals surface area (Å²) in [6.07, 6.45) is 1.81. The molecule has 0 spiro atoms. The highest BCUT2D eigenvalue weighted by atomic mass is 15.0. The van der Waals surface area contributed by atoms with Crippen LogP contribution in [0.25, 0.3) is 11.3 Å². The lowest BCUT2D eigenvalue weighted by Crippen LogP contribution is -2.01. The highest BCUT2D eigenvalue weighted by Crippen LogP contribution is 2.25. The SMILES string of the molecule is Cc1ccccc1-c1c(CN)ncn1C. The van der Waals surface area contributed by atoms with E-state index in [0.29, 0.717) is 6.54 Å². The molecule has 3 heteroatoms. The average molecular weight is 201 g/mol. The van der Waals surface area contributed by atoms with Gasteiger partial charge in [-0.25, -0.2) is 4.98 Å². The molecule has 0 aliphatic heterocycles. The van der Waals surface area contributed by atoms with Crippen LogP contribution in [0.4, 0.5) is 0 Å². The van der Waals surface area contributed by atoms with E-state index in [0.717, 1.165) is 11.4 Å². The Hall–Kier alpha value is -1.61. The quantitative estimate of drug-likeness (QED) is 0.806. The highest BCUT2D eigenvalue weighted by Gasteiger charge is 2.10. The van der Waals surface area contributed by atoms with Crippen LogP contribution < -0.4 is 5.73 Å².